The molecule has 3 rings (SSSR count). The first-order valence-corrected chi connectivity index (χ1v) is 8.15. The summed E-state index contributed by atoms with van der Waals surface area (Å²) in [6.07, 6.45) is 4.76. The molecule has 0 radical (unpaired) electrons. The average molecular weight is 354 g/mol. The van der Waals surface area contributed by atoms with Gasteiger partial charge in [0.2, 0.25) is 0 Å². The smallest absolute Gasteiger partial charge is 0.261 e. The number of aryl methyl sites for hydroxylation is 1. The fourth-order valence-electron chi connectivity index (χ4n) is 3.03. The zero-order chi connectivity index (χ0) is 18.8. The fourth-order valence-corrected chi connectivity index (χ4v) is 3.03. The Hall–Kier alpha value is -2.93. The predicted octanol–water partition coefficient (Wildman–Crippen LogP) is 2.07. The summed E-state index contributed by atoms with van der Waals surface area (Å²) in [6.45, 7) is 0.683. The molecular formula is C19H22N4O3. The van der Waals surface area contributed by atoms with Gasteiger partial charge in [-0.15, -0.1) is 0 Å². The van der Waals surface area contributed by atoms with Crippen molar-refractivity contribution in [2.24, 2.45) is 7.05 Å². The number of methoxy groups -OCH3 is 2. The lowest BCUT2D eigenvalue weighted by atomic mass is 10.0. The van der Waals surface area contributed by atoms with Crippen LogP contribution in [0.2, 0.25) is 0 Å². The van der Waals surface area contributed by atoms with Crippen molar-refractivity contribution in [3.63, 3.8) is 0 Å². The molecule has 7 heteroatoms. The van der Waals surface area contributed by atoms with Crippen LogP contribution in [0.1, 0.15) is 5.56 Å². The molecule has 0 fully saturated rings. The van der Waals surface area contributed by atoms with Crippen LogP contribution in [-0.4, -0.2) is 47.7 Å². The Labute approximate surface area is 151 Å². The number of rotatable bonds is 5. The van der Waals surface area contributed by atoms with Crippen LogP contribution in [0.4, 0.5) is 0 Å². The number of fused-ring (bicyclic) bond motifs is 1. The lowest BCUT2D eigenvalue weighted by molar-refractivity contribution is 0.349. The van der Waals surface area contributed by atoms with Gasteiger partial charge in [-0.1, -0.05) is 0 Å². The molecule has 0 unspecified atom stereocenters. The Morgan fingerprint density at radius 2 is 1.81 bits per heavy atom. The molecule has 1 aromatic carbocycles. The zero-order valence-electron chi connectivity index (χ0n) is 15.6. The number of benzene rings is 1. The quantitative estimate of drug-likeness (QED) is 0.699. The van der Waals surface area contributed by atoms with Crippen LogP contribution in [0.3, 0.4) is 0 Å². The maximum absolute atomic E-state index is 12.4. The van der Waals surface area contributed by atoms with Crippen LogP contribution in [0.15, 0.2) is 35.6 Å². The number of pyridine rings is 1. The van der Waals surface area contributed by atoms with Crippen LogP contribution in [0.5, 0.6) is 11.5 Å². The predicted molar refractivity (Wildman–Crippen MR) is 101 cm³/mol. The van der Waals surface area contributed by atoms with E-state index in [2.05, 4.69) is 14.9 Å². The second-order valence-corrected chi connectivity index (χ2v) is 6.34. The summed E-state index contributed by atoms with van der Waals surface area (Å²) in [5, 5.41) is 0.475. The van der Waals surface area contributed by atoms with Gasteiger partial charge in [-0.2, -0.15) is 0 Å². The highest BCUT2D eigenvalue weighted by atomic mass is 16.5. The summed E-state index contributed by atoms with van der Waals surface area (Å²) in [6, 6.07) is 3.89. The van der Waals surface area contributed by atoms with Crippen LogP contribution in [0, 0.1) is 0 Å². The molecule has 0 atom stereocenters. The Bertz CT molecular complexity index is 986. The van der Waals surface area contributed by atoms with E-state index in [0.29, 0.717) is 17.4 Å². The van der Waals surface area contributed by atoms with Crippen LogP contribution >= 0.6 is 0 Å². The van der Waals surface area contributed by atoms with Gasteiger partial charge in [0.25, 0.3) is 5.56 Å². The standard InChI is InChI=1S/C19H22N4O3/c1-22(2)9-15-16(25-4)6-12(7-17(15)26-5)14-10-23(3)19(24)13-8-20-11-21-18(13)14/h6-8,10-11H,9H2,1-5H3. The third-order valence-corrected chi connectivity index (χ3v) is 4.23. The summed E-state index contributed by atoms with van der Waals surface area (Å²) < 4.78 is 12.8. The van der Waals surface area contributed by atoms with Crippen LogP contribution < -0.4 is 15.0 Å². The molecular weight excluding hydrogens is 332 g/mol. The monoisotopic (exact) mass is 354 g/mol. The Morgan fingerprint density at radius 3 is 2.38 bits per heavy atom. The van der Waals surface area contributed by atoms with Gasteiger partial charge in [0.05, 0.1) is 30.7 Å². The Morgan fingerprint density at radius 1 is 1.15 bits per heavy atom. The van der Waals surface area contributed by atoms with Crippen molar-refractivity contribution in [1.82, 2.24) is 19.4 Å². The number of hydrogen-bond donors (Lipinski definition) is 0. The van der Waals surface area contributed by atoms with Crippen molar-refractivity contribution in [1.29, 1.82) is 0 Å². The van der Waals surface area contributed by atoms with Crippen molar-refractivity contribution in [2.45, 2.75) is 6.54 Å². The van der Waals surface area contributed by atoms with Gasteiger partial charge in [0.15, 0.2) is 0 Å². The van der Waals surface area contributed by atoms with E-state index in [1.807, 2.05) is 26.2 Å². The normalized spacial score (nSPS) is 11.2. The van der Waals surface area contributed by atoms with E-state index in [9.17, 15) is 4.79 Å². The van der Waals surface area contributed by atoms with E-state index in [-0.39, 0.29) is 5.56 Å². The van der Waals surface area contributed by atoms with Gasteiger partial charge in [-0.05, 0) is 31.8 Å². The average Bonchev–Trinajstić information content (AvgIpc) is 2.64. The molecule has 0 aliphatic carbocycles. The first-order valence-electron chi connectivity index (χ1n) is 8.15. The van der Waals surface area contributed by atoms with Crippen molar-refractivity contribution >= 4 is 10.9 Å². The van der Waals surface area contributed by atoms with Crippen molar-refractivity contribution in [3.8, 4) is 22.6 Å². The molecule has 2 heterocycles. The summed E-state index contributed by atoms with van der Waals surface area (Å²) >= 11 is 0. The van der Waals surface area contributed by atoms with E-state index >= 15 is 0 Å². The number of nitrogens with zero attached hydrogens (tertiary/aromatic N) is 4. The molecule has 26 heavy (non-hydrogen) atoms. The van der Waals surface area contributed by atoms with Gasteiger partial charge in [-0.3, -0.25) is 4.79 Å². The highest BCUT2D eigenvalue weighted by molar-refractivity contribution is 5.92. The first kappa shape index (κ1) is 17.9. The first-order chi connectivity index (χ1) is 12.5. The SMILES string of the molecule is COc1cc(-c2cn(C)c(=O)c3cncnc23)cc(OC)c1CN(C)C. The van der Waals surface area contributed by atoms with Gasteiger partial charge in [-0.25, -0.2) is 9.97 Å². The molecule has 0 bridgehead atoms. The maximum Gasteiger partial charge on any atom is 0.261 e. The Balaban J connectivity index is 2.30. The summed E-state index contributed by atoms with van der Waals surface area (Å²) in [4.78, 5) is 22.7. The molecule has 2 aromatic heterocycles. The molecule has 0 N–H and O–H groups in total. The van der Waals surface area contributed by atoms with Crippen LogP contribution in [0.25, 0.3) is 22.0 Å². The topological polar surface area (TPSA) is 69.5 Å². The lowest BCUT2D eigenvalue weighted by Crippen LogP contribution is -2.17. The number of ether oxygens (including phenoxy) is 2. The largest absolute Gasteiger partial charge is 0.496 e. The zero-order valence-corrected chi connectivity index (χ0v) is 15.6. The number of hydrogen-bond acceptors (Lipinski definition) is 6. The van der Waals surface area contributed by atoms with E-state index in [1.165, 1.54) is 10.9 Å². The lowest BCUT2D eigenvalue weighted by Gasteiger charge is -2.19. The molecule has 0 saturated heterocycles. The molecule has 0 spiro atoms. The Kier molecular flexibility index (Phi) is 4.90. The maximum atomic E-state index is 12.4. The third kappa shape index (κ3) is 3.13. The molecule has 3 aromatic rings. The minimum atomic E-state index is -0.132. The van der Waals surface area contributed by atoms with E-state index in [1.54, 1.807) is 33.7 Å². The fraction of sp³-hybridized carbons (Fsp3) is 0.316. The second-order valence-electron chi connectivity index (χ2n) is 6.34. The molecule has 0 aliphatic heterocycles. The van der Waals surface area contributed by atoms with E-state index in [4.69, 9.17) is 9.47 Å². The summed E-state index contributed by atoms with van der Waals surface area (Å²) in [5.41, 5.74) is 3.12. The van der Waals surface area contributed by atoms with Crippen molar-refractivity contribution in [3.05, 3.63) is 46.8 Å². The van der Waals surface area contributed by atoms with Gasteiger partial charge in [0, 0.05) is 31.5 Å². The summed E-state index contributed by atoms with van der Waals surface area (Å²) in [5.74, 6) is 1.45. The van der Waals surface area contributed by atoms with E-state index < -0.39 is 0 Å². The third-order valence-electron chi connectivity index (χ3n) is 4.23. The number of aromatic nitrogens is 3. The minimum Gasteiger partial charge on any atom is -0.496 e. The minimum absolute atomic E-state index is 0.132. The van der Waals surface area contributed by atoms with Gasteiger partial charge in [0.1, 0.15) is 17.8 Å². The molecule has 7 nitrogen and oxygen atoms in total. The van der Waals surface area contributed by atoms with Crippen molar-refractivity contribution in [2.75, 3.05) is 28.3 Å². The summed E-state index contributed by atoms with van der Waals surface area (Å²) in [7, 11) is 8.97. The van der Waals surface area contributed by atoms with Crippen molar-refractivity contribution < 1.29 is 9.47 Å². The molecule has 136 valence electrons. The highest BCUT2D eigenvalue weighted by Gasteiger charge is 2.17. The highest BCUT2D eigenvalue weighted by Crippen LogP contribution is 2.37. The van der Waals surface area contributed by atoms with Gasteiger partial charge >= 0.3 is 0 Å². The molecule has 0 saturated carbocycles. The molecule has 0 amide bonds. The van der Waals surface area contributed by atoms with Crippen LogP contribution in [-0.2, 0) is 13.6 Å². The second kappa shape index (κ2) is 7.13. The molecule has 0 aliphatic rings. The van der Waals surface area contributed by atoms with Gasteiger partial charge < -0.3 is 18.9 Å². The van der Waals surface area contributed by atoms with E-state index in [0.717, 1.165) is 28.2 Å².